The Morgan fingerprint density at radius 2 is 1.96 bits per heavy atom. The first-order valence-corrected chi connectivity index (χ1v) is 11.3. The molecule has 0 radical (unpaired) electrons. The van der Waals surface area contributed by atoms with E-state index in [1.165, 1.54) is 6.07 Å². The molecule has 1 aromatic heterocycles. The van der Waals surface area contributed by atoms with Crippen LogP contribution in [0.25, 0.3) is 0 Å². The molecule has 0 saturated carbocycles. The molecule has 1 N–H and O–H groups in total. The fraction of sp³-hybridized carbons (Fsp3) is 0.476. The molecule has 1 fully saturated rings. The number of likely N-dealkylation sites (N-methyl/N-ethyl adjacent to an activating group) is 1. The van der Waals surface area contributed by atoms with E-state index in [0.29, 0.717) is 12.1 Å². The van der Waals surface area contributed by atoms with Crippen LogP contribution in [-0.4, -0.2) is 61.7 Å². The number of quaternary nitrogens is 1. The van der Waals surface area contributed by atoms with Crippen molar-refractivity contribution in [2.24, 2.45) is 0 Å². The minimum atomic E-state index is -4.29. The molecular formula is C21H30N3O3S+. The summed E-state index contributed by atoms with van der Waals surface area (Å²) < 4.78 is 34.9. The van der Waals surface area contributed by atoms with Gasteiger partial charge in [-0.3, -0.25) is 4.55 Å². The number of aromatic nitrogens is 1. The zero-order chi connectivity index (χ0) is 20.4. The van der Waals surface area contributed by atoms with Gasteiger partial charge in [0, 0.05) is 12.7 Å². The largest absolute Gasteiger partial charge is 0.350 e. The van der Waals surface area contributed by atoms with E-state index in [1.54, 1.807) is 12.3 Å². The van der Waals surface area contributed by atoms with Crippen molar-refractivity contribution >= 4 is 15.9 Å². The van der Waals surface area contributed by atoms with Crippen molar-refractivity contribution in [2.75, 3.05) is 44.2 Å². The van der Waals surface area contributed by atoms with Crippen molar-refractivity contribution in [3.63, 3.8) is 0 Å². The van der Waals surface area contributed by atoms with Crippen LogP contribution in [0.5, 0.6) is 0 Å². The average molecular weight is 405 g/mol. The highest BCUT2D eigenvalue weighted by molar-refractivity contribution is 7.85. The van der Waals surface area contributed by atoms with E-state index in [1.807, 2.05) is 31.2 Å². The van der Waals surface area contributed by atoms with Crippen molar-refractivity contribution in [3.8, 4) is 0 Å². The van der Waals surface area contributed by atoms with E-state index in [-0.39, 0.29) is 10.8 Å². The summed E-state index contributed by atoms with van der Waals surface area (Å²) in [4.78, 5) is 6.78. The van der Waals surface area contributed by atoms with E-state index in [4.69, 9.17) is 0 Å². The lowest BCUT2D eigenvalue weighted by molar-refractivity contribution is -0.923. The van der Waals surface area contributed by atoms with Crippen LogP contribution in [0.2, 0.25) is 0 Å². The summed E-state index contributed by atoms with van der Waals surface area (Å²) in [5.74, 6) is 0.877. The SMILES string of the molecule is CC[N+]1(CC)CCN(c2ccccn2)CC(c2cc(C)ccc2S(=O)(=O)O)C1. The highest BCUT2D eigenvalue weighted by Crippen LogP contribution is 2.32. The standard InChI is InChI=1S/C21H29N3O3S/c1-4-24(5-2)13-12-23(21-8-6-7-11-22-21)15-18(16-24)19-14-17(3)9-10-20(19)28(25,26)27/h6-11,14,18H,4-5,12-13,15-16H2,1-3H3/p+1. The zero-order valence-electron chi connectivity index (χ0n) is 16.9. The molecule has 1 unspecified atom stereocenters. The Labute approximate surface area is 168 Å². The maximum Gasteiger partial charge on any atom is 0.294 e. The first-order valence-electron chi connectivity index (χ1n) is 9.87. The monoisotopic (exact) mass is 404 g/mol. The van der Waals surface area contributed by atoms with Gasteiger partial charge in [-0.2, -0.15) is 8.42 Å². The van der Waals surface area contributed by atoms with Crippen molar-refractivity contribution in [2.45, 2.75) is 31.6 Å². The second kappa shape index (κ2) is 8.19. The molecule has 1 saturated heterocycles. The fourth-order valence-corrected chi connectivity index (χ4v) is 5.04. The molecule has 1 aliphatic heterocycles. The summed E-state index contributed by atoms with van der Waals surface area (Å²) in [5.41, 5.74) is 1.69. The van der Waals surface area contributed by atoms with E-state index >= 15 is 0 Å². The van der Waals surface area contributed by atoms with E-state index in [0.717, 1.165) is 48.6 Å². The van der Waals surface area contributed by atoms with E-state index in [2.05, 4.69) is 23.7 Å². The molecule has 0 spiro atoms. The van der Waals surface area contributed by atoms with Crippen molar-refractivity contribution < 1.29 is 17.5 Å². The Morgan fingerprint density at radius 1 is 1.21 bits per heavy atom. The van der Waals surface area contributed by atoms with Gasteiger partial charge in [-0.15, -0.1) is 0 Å². The van der Waals surface area contributed by atoms with E-state index in [9.17, 15) is 13.0 Å². The molecular weight excluding hydrogens is 374 g/mol. The van der Waals surface area contributed by atoms with Gasteiger partial charge >= 0.3 is 0 Å². The van der Waals surface area contributed by atoms with Crippen LogP contribution in [0.1, 0.15) is 30.9 Å². The minimum Gasteiger partial charge on any atom is -0.350 e. The number of hydrogen-bond acceptors (Lipinski definition) is 4. The molecule has 1 aromatic carbocycles. The smallest absolute Gasteiger partial charge is 0.294 e. The summed E-state index contributed by atoms with van der Waals surface area (Å²) in [6.45, 7) is 11.6. The van der Waals surface area contributed by atoms with Gasteiger partial charge in [-0.25, -0.2) is 4.98 Å². The average Bonchev–Trinajstić information content (AvgIpc) is 2.88. The molecule has 2 heterocycles. The van der Waals surface area contributed by atoms with Gasteiger partial charge in [0.1, 0.15) is 5.82 Å². The van der Waals surface area contributed by atoms with Crippen LogP contribution in [0, 0.1) is 6.92 Å². The third-order valence-corrected chi connectivity index (χ3v) is 7.02. The predicted molar refractivity (Wildman–Crippen MR) is 111 cm³/mol. The van der Waals surface area contributed by atoms with Crippen molar-refractivity contribution in [3.05, 3.63) is 53.7 Å². The first kappa shape index (κ1) is 20.8. The molecule has 3 rings (SSSR count). The molecule has 7 heteroatoms. The maximum atomic E-state index is 12.1. The topological polar surface area (TPSA) is 70.5 Å². The van der Waals surface area contributed by atoms with Gasteiger partial charge in [0.25, 0.3) is 10.1 Å². The number of hydrogen-bond donors (Lipinski definition) is 1. The third-order valence-electron chi connectivity index (χ3n) is 6.09. The quantitative estimate of drug-likeness (QED) is 0.613. The second-order valence-electron chi connectivity index (χ2n) is 7.73. The number of benzene rings is 1. The molecule has 0 bridgehead atoms. The molecule has 1 atom stereocenters. The Morgan fingerprint density at radius 3 is 2.57 bits per heavy atom. The summed E-state index contributed by atoms with van der Waals surface area (Å²) in [6, 6.07) is 11.0. The Balaban J connectivity index is 2.10. The normalized spacial score (nSPS) is 20.0. The highest BCUT2D eigenvalue weighted by Gasteiger charge is 2.36. The summed E-state index contributed by atoms with van der Waals surface area (Å²) in [6.07, 6.45) is 1.78. The van der Waals surface area contributed by atoms with Gasteiger partial charge in [0.05, 0.1) is 43.5 Å². The summed E-state index contributed by atoms with van der Waals surface area (Å²) in [7, 11) is -4.29. The molecule has 6 nitrogen and oxygen atoms in total. The van der Waals surface area contributed by atoms with Crippen molar-refractivity contribution in [1.82, 2.24) is 4.98 Å². The highest BCUT2D eigenvalue weighted by atomic mass is 32.2. The van der Waals surface area contributed by atoms with Gasteiger partial charge in [-0.1, -0.05) is 23.8 Å². The van der Waals surface area contributed by atoms with Crippen LogP contribution in [0.4, 0.5) is 5.82 Å². The predicted octanol–water partition coefficient (Wildman–Crippen LogP) is 3.10. The van der Waals surface area contributed by atoms with Crippen molar-refractivity contribution in [1.29, 1.82) is 0 Å². The first-order chi connectivity index (χ1) is 13.3. The van der Waals surface area contributed by atoms with Gasteiger partial charge < -0.3 is 9.38 Å². The number of pyridine rings is 1. The number of aryl methyl sites for hydroxylation is 1. The maximum absolute atomic E-state index is 12.1. The fourth-order valence-electron chi connectivity index (χ4n) is 4.27. The lowest BCUT2D eigenvalue weighted by atomic mass is 9.95. The molecule has 152 valence electrons. The lowest BCUT2D eigenvalue weighted by Crippen LogP contribution is -2.51. The number of anilines is 1. The van der Waals surface area contributed by atoms with E-state index < -0.39 is 10.1 Å². The second-order valence-corrected chi connectivity index (χ2v) is 9.12. The Kier molecular flexibility index (Phi) is 6.07. The van der Waals surface area contributed by atoms with Crippen LogP contribution in [0.15, 0.2) is 47.5 Å². The number of rotatable bonds is 5. The summed E-state index contributed by atoms with van der Waals surface area (Å²) in [5, 5.41) is 0. The summed E-state index contributed by atoms with van der Waals surface area (Å²) >= 11 is 0. The van der Waals surface area contributed by atoms with Crippen LogP contribution in [-0.2, 0) is 10.1 Å². The molecule has 0 amide bonds. The third kappa shape index (κ3) is 4.37. The molecule has 1 aliphatic rings. The Hall–Kier alpha value is -1.96. The molecule has 0 aliphatic carbocycles. The Bertz CT molecular complexity index is 912. The molecule has 28 heavy (non-hydrogen) atoms. The van der Waals surface area contributed by atoms with Gasteiger partial charge in [0.2, 0.25) is 0 Å². The molecule has 2 aromatic rings. The van der Waals surface area contributed by atoms with Gasteiger partial charge in [0.15, 0.2) is 0 Å². The van der Waals surface area contributed by atoms with Gasteiger partial charge in [-0.05, 0) is 44.5 Å². The number of nitrogens with zero attached hydrogens (tertiary/aromatic N) is 3. The van der Waals surface area contributed by atoms with Crippen LogP contribution < -0.4 is 4.90 Å². The lowest BCUT2D eigenvalue weighted by Gasteiger charge is -2.37. The zero-order valence-corrected chi connectivity index (χ0v) is 17.7. The van der Waals surface area contributed by atoms with Crippen LogP contribution >= 0.6 is 0 Å². The van der Waals surface area contributed by atoms with Crippen LogP contribution in [0.3, 0.4) is 0 Å². The minimum absolute atomic E-state index is 0.0243.